The van der Waals surface area contributed by atoms with Crippen molar-refractivity contribution in [2.24, 2.45) is 5.41 Å². The molecule has 0 aromatic rings. The molecule has 1 amide bonds. The molecule has 0 aliphatic rings. The fourth-order valence-electron chi connectivity index (χ4n) is 2.63. The number of nitrogens with zero attached hydrogens (tertiary/aromatic N) is 1. The van der Waals surface area contributed by atoms with Crippen molar-refractivity contribution in [1.82, 2.24) is 4.90 Å². The second-order valence-electron chi connectivity index (χ2n) is 9.33. The smallest absolute Gasteiger partial charge is 0.246 e. The minimum atomic E-state index is -1.44. The van der Waals surface area contributed by atoms with Gasteiger partial charge in [0.2, 0.25) is 5.91 Å². The van der Waals surface area contributed by atoms with E-state index < -0.39 is 11.4 Å². The second kappa shape index (κ2) is 11.1. The molecule has 0 aliphatic heterocycles. The highest BCUT2D eigenvalue weighted by atomic mass is 16.3. The third kappa shape index (κ3) is 10.8. The zero-order valence-electron chi connectivity index (χ0n) is 19.9. The third-order valence-corrected chi connectivity index (χ3v) is 4.37. The number of hydrogen-bond acceptors (Lipinski definition) is 3. The van der Waals surface area contributed by atoms with Crippen molar-refractivity contribution < 1.29 is 14.7 Å². The summed E-state index contributed by atoms with van der Waals surface area (Å²) >= 11 is 0. The van der Waals surface area contributed by atoms with E-state index in [1.165, 1.54) is 36.0 Å². The largest absolute Gasteiger partial charge is 0.383 e. The first-order valence-corrected chi connectivity index (χ1v) is 9.95. The molecule has 0 heterocycles. The van der Waals surface area contributed by atoms with Crippen molar-refractivity contribution in [3.8, 4) is 0 Å². The van der Waals surface area contributed by atoms with E-state index in [1.807, 2.05) is 32.1 Å². The number of rotatable bonds is 8. The number of hydrogen-bond donors (Lipinski definition) is 1. The van der Waals surface area contributed by atoms with E-state index in [2.05, 4.69) is 46.8 Å². The second-order valence-corrected chi connectivity index (χ2v) is 9.33. The van der Waals surface area contributed by atoms with Crippen LogP contribution in [-0.4, -0.2) is 40.9 Å². The van der Waals surface area contributed by atoms with Crippen LogP contribution in [0.1, 0.15) is 62.3 Å². The molecule has 0 atom stereocenters. The Kier molecular flexibility index (Phi) is 10.3. The summed E-state index contributed by atoms with van der Waals surface area (Å²) < 4.78 is 0. The third-order valence-electron chi connectivity index (χ3n) is 4.37. The quantitative estimate of drug-likeness (QED) is 0.451. The minimum Gasteiger partial charge on any atom is -0.383 e. The van der Waals surface area contributed by atoms with Gasteiger partial charge in [0.15, 0.2) is 5.78 Å². The van der Waals surface area contributed by atoms with E-state index in [4.69, 9.17) is 0 Å². The van der Waals surface area contributed by atoms with Gasteiger partial charge in [-0.25, -0.2) is 0 Å². The number of aliphatic hydroxyl groups is 1. The average molecular weight is 402 g/mol. The summed E-state index contributed by atoms with van der Waals surface area (Å²) in [5.74, 6) is -0.671. The van der Waals surface area contributed by atoms with Crippen LogP contribution in [0.25, 0.3) is 0 Å². The van der Waals surface area contributed by atoms with Gasteiger partial charge < -0.3 is 10.0 Å². The van der Waals surface area contributed by atoms with Gasteiger partial charge in [0, 0.05) is 13.1 Å². The van der Waals surface area contributed by atoms with Crippen LogP contribution in [0.3, 0.4) is 0 Å². The van der Waals surface area contributed by atoms with Gasteiger partial charge in [-0.05, 0) is 58.1 Å². The van der Waals surface area contributed by atoms with Crippen molar-refractivity contribution >= 4 is 11.7 Å². The lowest BCUT2D eigenvalue weighted by atomic mass is 9.83. The summed E-state index contributed by atoms with van der Waals surface area (Å²) in [6, 6.07) is 0. The molecule has 0 saturated carbocycles. The number of Topliss-reactive ketones (excluding diaryl/α,β-unsaturated/α-hetero) is 1. The molecule has 0 fully saturated rings. The van der Waals surface area contributed by atoms with E-state index in [-0.39, 0.29) is 17.9 Å². The first kappa shape index (κ1) is 26.8. The lowest BCUT2D eigenvalue weighted by Gasteiger charge is -2.22. The van der Waals surface area contributed by atoms with Gasteiger partial charge in [-0.3, -0.25) is 9.59 Å². The number of allylic oxidation sites excluding steroid dienone is 9. The monoisotopic (exact) mass is 401 g/mol. The average Bonchev–Trinajstić information content (AvgIpc) is 2.52. The Hall–Kier alpha value is -2.20. The summed E-state index contributed by atoms with van der Waals surface area (Å²) in [7, 11) is 1.55. The number of carbonyl (C=O) groups is 2. The van der Waals surface area contributed by atoms with Gasteiger partial charge in [-0.15, -0.1) is 0 Å². The number of likely N-dealkylation sites (N-methyl/N-ethyl adjacent to an activating group) is 1. The number of carbonyl (C=O) groups excluding carboxylic acids is 2. The van der Waals surface area contributed by atoms with Crippen LogP contribution >= 0.6 is 0 Å². The van der Waals surface area contributed by atoms with E-state index in [9.17, 15) is 14.7 Å². The Balaban J connectivity index is 5.06. The Bertz CT molecular complexity index is 744. The zero-order valence-corrected chi connectivity index (χ0v) is 19.9. The highest BCUT2D eigenvalue weighted by Gasteiger charge is 2.25. The molecule has 4 heteroatoms. The number of amides is 1. The topological polar surface area (TPSA) is 57.6 Å². The van der Waals surface area contributed by atoms with Gasteiger partial charge in [-0.2, -0.15) is 0 Å². The highest BCUT2D eigenvalue weighted by Crippen LogP contribution is 2.29. The lowest BCUT2D eigenvalue weighted by molar-refractivity contribution is -0.139. The molecular weight excluding hydrogens is 362 g/mol. The molecule has 29 heavy (non-hydrogen) atoms. The highest BCUT2D eigenvalue weighted by molar-refractivity contribution is 5.94. The predicted molar refractivity (Wildman–Crippen MR) is 123 cm³/mol. The van der Waals surface area contributed by atoms with Crippen LogP contribution in [0, 0.1) is 5.41 Å². The summed E-state index contributed by atoms with van der Waals surface area (Å²) in [6.07, 6.45) is 11.5. The summed E-state index contributed by atoms with van der Waals surface area (Å²) in [5, 5.41) is 9.69. The molecule has 162 valence electrons. The Labute approximate surface area is 177 Å². The molecule has 0 unspecified atom stereocenters. The van der Waals surface area contributed by atoms with Gasteiger partial charge >= 0.3 is 0 Å². The van der Waals surface area contributed by atoms with Crippen molar-refractivity contribution in [1.29, 1.82) is 0 Å². The maximum atomic E-state index is 12.2. The Morgan fingerprint density at radius 2 is 1.45 bits per heavy atom. The maximum absolute atomic E-state index is 12.2. The standard InChI is InChI=1S/C25H39NO3/c1-18(2)21(24(5,6)7)15-14-19(3)12-11-13-20(4)16-23(28)26(10)17-22(27)25(8,9)29/h11-16,29H,17H2,1-10H3/b13-11+,15-14+,19-12-,20-16+. The zero-order chi connectivity index (χ0) is 23.0. The molecule has 0 aliphatic carbocycles. The molecule has 0 radical (unpaired) electrons. The first-order chi connectivity index (χ1) is 13.1. The Morgan fingerprint density at radius 3 is 1.90 bits per heavy atom. The van der Waals surface area contributed by atoms with Crippen LogP contribution in [0.2, 0.25) is 0 Å². The maximum Gasteiger partial charge on any atom is 0.246 e. The van der Waals surface area contributed by atoms with E-state index in [1.54, 1.807) is 7.05 Å². The lowest BCUT2D eigenvalue weighted by Crippen LogP contribution is -2.41. The van der Waals surface area contributed by atoms with E-state index in [0.717, 1.165) is 11.1 Å². The molecule has 1 N–H and O–H groups in total. The normalized spacial score (nSPS) is 13.9. The molecule has 4 nitrogen and oxygen atoms in total. The predicted octanol–water partition coefficient (Wildman–Crippen LogP) is 5.17. The van der Waals surface area contributed by atoms with Gasteiger partial charge in [0.05, 0.1) is 6.54 Å². The Morgan fingerprint density at radius 1 is 0.897 bits per heavy atom. The van der Waals surface area contributed by atoms with Gasteiger partial charge in [-0.1, -0.05) is 62.3 Å². The minimum absolute atomic E-state index is 0.101. The van der Waals surface area contributed by atoms with E-state index in [0.29, 0.717) is 0 Å². The molecule has 0 spiro atoms. The molecule has 0 aromatic heterocycles. The van der Waals surface area contributed by atoms with Crippen LogP contribution in [-0.2, 0) is 9.59 Å². The first-order valence-electron chi connectivity index (χ1n) is 9.95. The van der Waals surface area contributed by atoms with Crippen molar-refractivity contribution in [2.45, 2.75) is 67.9 Å². The summed E-state index contributed by atoms with van der Waals surface area (Å²) in [5.41, 5.74) is 3.17. The molecule has 0 rings (SSSR count). The fourth-order valence-corrected chi connectivity index (χ4v) is 2.63. The van der Waals surface area contributed by atoms with Gasteiger partial charge in [0.1, 0.15) is 5.60 Å². The molecule has 0 bridgehead atoms. The van der Waals surface area contributed by atoms with Crippen LogP contribution in [0.4, 0.5) is 0 Å². The van der Waals surface area contributed by atoms with Gasteiger partial charge in [0.25, 0.3) is 0 Å². The van der Waals surface area contributed by atoms with Crippen LogP contribution in [0.15, 0.2) is 58.7 Å². The summed E-state index contributed by atoms with van der Waals surface area (Å²) in [4.78, 5) is 25.3. The van der Waals surface area contributed by atoms with E-state index >= 15 is 0 Å². The van der Waals surface area contributed by atoms with Crippen LogP contribution in [0.5, 0.6) is 0 Å². The summed E-state index contributed by atoms with van der Waals surface area (Å²) in [6.45, 7) is 17.4. The van der Waals surface area contributed by atoms with Crippen molar-refractivity contribution in [3.63, 3.8) is 0 Å². The van der Waals surface area contributed by atoms with Crippen molar-refractivity contribution in [2.75, 3.05) is 13.6 Å². The fraction of sp³-hybridized carbons (Fsp3) is 0.520. The molecule has 0 saturated heterocycles. The number of ketones is 1. The van der Waals surface area contributed by atoms with Crippen molar-refractivity contribution in [3.05, 3.63) is 58.7 Å². The SMILES string of the molecule is CC(C)=C(/C=C/C(C)=C\C=C\C(C)=C\C(=O)N(C)CC(=O)C(C)(C)O)C(C)(C)C. The molecular formula is C25H39NO3. The molecule has 0 aromatic carbocycles. The van der Waals surface area contributed by atoms with Crippen LogP contribution < -0.4 is 0 Å².